The quantitative estimate of drug-likeness (QED) is 0.807. The van der Waals surface area contributed by atoms with Crippen molar-refractivity contribution >= 4 is 21.8 Å². The molecule has 2 heterocycles. The lowest BCUT2D eigenvalue weighted by Crippen LogP contribution is -2.41. The van der Waals surface area contributed by atoms with Gasteiger partial charge in [-0.15, -0.1) is 4.40 Å². The largest absolute Gasteiger partial charge is 0.496 e. The van der Waals surface area contributed by atoms with Gasteiger partial charge in [-0.1, -0.05) is 25.0 Å². The summed E-state index contributed by atoms with van der Waals surface area (Å²) in [7, 11) is -1.11. The van der Waals surface area contributed by atoms with Crippen molar-refractivity contribution in [1.82, 2.24) is 9.21 Å². The highest BCUT2D eigenvalue weighted by Crippen LogP contribution is 2.26. The molecule has 0 spiro atoms. The molecule has 1 amide bonds. The van der Waals surface area contributed by atoms with E-state index in [1.165, 1.54) is 20.2 Å². The van der Waals surface area contributed by atoms with Gasteiger partial charge < -0.3 is 9.64 Å². The predicted octanol–water partition coefficient (Wildman–Crippen LogP) is 1.96. The van der Waals surface area contributed by atoms with Crippen molar-refractivity contribution < 1.29 is 17.9 Å². The maximum Gasteiger partial charge on any atom is 0.345 e. The fourth-order valence-electron chi connectivity index (χ4n) is 3.17. The normalized spacial score (nSPS) is 20.1. The van der Waals surface area contributed by atoms with E-state index >= 15 is 0 Å². The summed E-state index contributed by atoms with van der Waals surface area (Å²) >= 11 is 0. The first-order valence-electron chi connectivity index (χ1n) is 8.67. The van der Waals surface area contributed by atoms with Gasteiger partial charge in [0.25, 0.3) is 5.91 Å². The number of methoxy groups -OCH3 is 1. The SMILES string of the molecule is COc1ccccc1C1=NS(=O)(=O)N(C)C(C(=O)N2CCCCCC2)=C1. The molecule has 1 aromatic rings. The van der Waals surface area contributed by atoms with E-state index in [4.69, 9.17) is 4.74 Å². The lowest BCUT2D eigenvalue weighted by molar-refractivity contribution is -0.128. The monoisotopic (exact) mass is 377 g/mol. The Hall–Kier alpha value is -2.35. The van der Waals surface area contributed by atoms with Crippen LogP contribution in [0, 0.1) is 0 Å². The maximum atomic E-state index is 13.0. The molecule has 1 aromatic carbocycles. The number of ether oxygens (including phenoxy) is 1. The van der Waals surface area contributed by atoms with Crippen LogP contribution in [0.3, 0.4) is 0 Å². The van der Waals surface area contributed by atoms with Crippen molar-refractivity contribution in [2.24, 2.45) is 4.40 Å². The van der Waals surface area contributed by atoms with Gasteiger partial charge in [0.1, 0.15) is 11.4 Å². The number of likely N-dealkylation sites (N-methyl/N-ethyl adjacent to an activating group) is 1. The van der Waals surface area contributed by atoms with Gasteiger partial charge in [-0.05, 0) is 31.1 Å². The molecule has 0 unspecified atom stereocenters. The average molecular weight is 377 g/mol. The van der Waals surface area contributed by atoms with Gasteiger partial charge >= 0.3 is 10.2 Å². The van der Waals surface area contributed by atoms with Crippen LogP contribution in [0.15, 0.2) is 40.4 Å². The van der Waals surface area contributed by atoms with E-state index in [2.05, 4.69) is 4.40 Å². The summed E-state index contributed by atoms with van der Waals surface area (Å²) in [4.78, 5) is 14.7. The number of benzene rings is 1. The number of carbonyl (C=O) groups excluding carboxylic acids is 1. The van der Waals surface area contributed by atoms with Crippen LogP contribution in [0.25, 0.3) is 0 Å². The van der Waals surface area contributed by atoms with Crippen LogP contribution in [0.5, 0.6) is 5.75 Å². The fourth-order valence-corrected chi connectivity index (χ4v) is 4.07. The standard InChI is InChI=1S/C18H23N3O4S/c1-20-16(18(22)21-11-7-3-4-8-12-21)13-15(19-26(20,23)24)14-9-5-6-10-17(14)25-2/h5-6,9-10,13H,3-4,7-8,11-12H2,1-2H3. The molecule has 0 N–H and O–H groups in total. The van der Waals surface area contributed by atoms with Crippen molar-refractivity contribution in [1.29, 1.82) is 0 Å². The van der Waals surface area contributed by atoms with Crippen LogP contribution in [-0.4, -0.2) is 56.5 Å². The van der Waals surface area contributed by atoms with Gasteiger partial charge in [0.05, 0.1) is 12.8 Å². The van der Waals surface area contributed by atoms with Gasteiger partial charge in [-0.3, -0.25) is 4.79 Å². The van der Waals surface area contributed by atoms with Crippen LogP contribution in [-0.2, 0) is 15.0 Å². The summed E-state index contributed by atoms with van der Waals surface area (Å²) in [5.41, 5.74) is 0.856. The van der Waals surface area contributed by atoms with Gasteiger partial charge in [0, 0.05) is 25.7 Å². The van der Waals surface area contributed by atoms with Gasteiger partial charge in [-0.2, -0.15) is 8.42 Å². The lowest BCUT2D eigenvalue weighted by atomic mass is 10.1. The predicted molar refractivity (Wildman–Crippen MR) is 99.3 cm³/mol. The van der Waals surface area contributed by atoms with Crippen LogP contribution >= 0.6 is 0 Å². The number of para-hydroxylation sites is 1. The minimum atomic E-state index is -3.98. The number of nitrogens with zero attached hydrogens (tertiary/aromatic N) is 3. The van der Waals surface area contributed by atoms with Crippen molar-refractivity contribution in [2.75, 3.05) is 27.2 Å². The smallest absolute Gasteiger partial charge is 0.345 e. The molecule has 2 aliphatic rings. The molecule has 1 fully saturated rings. The second-order valence-corrected chi connectivity index (χ2v) is 7.98. The number of carbonyl (C=O) groups is 1. The molecule has 0 aliphatic carbocycles. The van der Waals surface area contributed by atoms with E-state index in [0.717, 1.165) is 30.0 Å². The van der Waals surface area contributed by atoms with E-state index in [1.54, 1.807) is 29.2 Å². The van der Waals surface area contributed by atoms with Crippen molar-refractivity contribution in [3.63, 3.8) is 0 Å². The molecule has 0 bridgehead atoms. The van der Waals surface area contributed by atoms with Crippen LogP contribution < -0.4 is 4.74 Å². The third-order valence-electron chi connectivity index (χ3n) is 4.67. The van der Waals surface area contributed by atoms with Crippen molar-refractivity contribution in [2.45, 2.75) is 25.7 Å². The zero-order valence-corrected chi connectivity index (χ0v) is 15.8. The second kappa shape index (κ2) is 7.49. The molecule has 26 heavy (non-hydrogen) atoms. The number of amides is 1. The highest BCUT2D eigenvalue weighted by Gasteiger charge is 2.33. The molecule has 0 saturated carbocycles. The minimum Gasteiger partial charge on any atom is -0.496 e. The third-order valence-corrected chi connectivity index (χ3v) is 5.98. The zero-order chi connectivity index (χ0) is 18.7. The number of hydrogen-bond acceptors (Lipinski definition) is 4. The Morgan fingerprint density at radius 3 is 2.42 bits per heavy atom. The first-order chi connectivity index (χ1) is 12.4. The third kappa shape index (κ3) is 3.60. The Labute approximate surface area is 154 Å². The molecule has 0 atom stereocenters. The number of allylic oxidation sites excluding steroid dienone is 1. The molecule has 0 radical (unpaired) electrons. The molecular formula is C18H23N3O4S. The molecule has 1 saturated heterocycles. The Morgan fingerprint density at radius 2 is 1.77 bits per heavy atom. The highest BCUT2D eigenvalue weighted by molar-refractivity contribution is 7.88. The Bertz CT molecular complexity index is 853. The molecule has 7 nitrogen and oxygen atoms in total. The average Bonchev–Trinajstić information content (AvgIpc) is 2.92. The number of rotatable bonds is 3. The van der Waals surface area contributed by atoms with Crippen molar-refractivity contribution in [3.05, 3.63) is 41.6 Å². The van der Waals surface area contributed by atoms with Gasteiger partial charge in [-0.25, -0.2) is 4.31 Å². The highest BCUT2D eigenvalue weighted by atomic mass is 32.2. The summed E-state index contributed by atoms with van der Waals surface area (Å²) in [5.74, 6) is 0.226. The summed E-state index contributed by atoms with van der Waals surface area (Å²) in [6.45, 7) is 1.29. The summed E-state index contributed by atoms with van der Waals surface area (Å²) in [6, 6.07) is 7.02. The molecule has 2 aliphatic heterocycles. The summed E-state index contributed by atoms with van der Waals surface area (Å²) in [5, 5.41) is 0. The van der Waals surface area contributed by atoms with E-state index in [0.29, 0.717) is 24.4 Å². The van der Waals surface area contributed by atoms with Gasteiger partial charge in [0.2, 0.25) is 0 Å². The second-order valence-electron chi connectivity index (χ2n) is 6.36. The van der Waals surface area contributed by atoms with E-state index in [9.17, 15) is 13.2 Å². The van der Waals surface area contributed by atoms with Crippen molar-refractivity contribution in [3.8, 4) is 5.75 Å². The first-order valence-corrected chi connectivity index (χ1v) is 10.1. The Balaban J connectivity index is 2.02. The topological polar surface area (TPSA) is 79.3 Å². The Morgan fingerprint density at radius 1 is 1.12 bits per heavy atom. The molecular weight excluding hydrogens is 354 g/mol. The fraction of sp³-hybridized carbons (Fsp3) is 0.444. The summed E-state index contributed by atoms with van der Waals surface area (Å²) in [6.07, 6.45) is 5.58. The molecule has 8 heteroatoms. The molecule has 140 valence electrons. The van der Waals surface area contributed by atoms with E-state index in [1.807, 2.05) is 0 Å². The molecule has 0 aromatic heterocycles. The van der Waals surface area contributed by atoms with Crippen LogP contribution in [0.2, 0.25) is 0 Å². The number of likely N-dealkylation sites (tertiary alicyclic amines) is 1. The zero-order valence-electron chi connectivity index (χ0n) is 15.0. The minimum absolute atomic E-state index is 0.114. The molecule has 3 rings (SSSR count). The maximum absolute atomic E-state index is 13.0. The first kappa shape index (κ1) is 18.4. The van der Waals surface area contributed by atoms with E-state index < -0.39 is 10.2 Å². The summed E-state index contributed by atoms with van der Waals surface area (Å²) < 4.78 is 35.2. The Kier molecular flexibility index (Phi) is 5.31. The lowest BCUT2D eigenvalue weighted by Gasteiger charge is -2.28. The van der Waals surface area contributed by atoms with Crippen LogP contribution in [0.1, 0.15) is 31.2 Å². The van der Waals surface area contributed by atoms with Gasteiger partial charge in [0.15, 0.2) is 0 Å². The van der Waals surface area contributed by atoms with E-state index in [-0.39, 0.29) is 17.3 Å². The van der Waals surface area contributed by atoms with Crippen LogP contribution in [0.4, 0.5) is 0 Å². The number of hydrogen-bond donors (Lipinski definition) is 0.